The lowest BCUT2D eigenvalue weighted by atomic mass is 9.99. The zero-order valence-corrected chi connectivity index (χ0v) is 16.6. The van der Waals surface area contributed by atoms with Crippen LogP contribution < -0.4 is 10.1 Å². The fourth-order valence-electron chi connectivity index (χ4n) is 3.60. The van der Waals surface area contributed by atoms with Gasteiger partial charge in [-0.15, -0.1) is 0 Å². The molecule has 0 aromatic heterocycles. The summed E-state index contributed by atoms with van der Waals surface area (Å²) in [6.07, 6.45) is -0.141. The Balaban J connectivity index is 1.84. The lowest BCUT2D eigenvalue weighted by molar-refractivity contribution is -0.154. The molecule has 3 atom stereocenters. The van der Waals surface area contributed by atoms with Crippen LogP contribution in [0.4, 0.5) is 5.69 Å². The van der Waals surface area contributed by atoms with Crippen molar-refractivity contribution in [3.05, 3.63) is 60.2 Å². The zero-order chi connectivity index (χ0) is 20.8. The van der Waals surface area contributed by atoms with Crippen LogP contribution >= 0.6 is 0 Å². The first-order valence-corrected chi connectivity index (χ1v) is 9.57. The minimum atomic E-state index is -1.37. The molecule has 154 valence electrons. The maximum Gasteiger partial charge on any atom is 0.328 e. The third-order valence-electron chi connectivity index (χ3n) is 5.15. The van der Waals surface area contributed by atoms with Crippen molar-refractivity contribution < 1.29 is 24.2 Å². The van der Waals surface area contributed by atoms with E-state index in [9.17, 15) is 14.7 Å². The Morgan fingerprint density at radius 2 is 1.79 bits per heavy atom. The van der Waals surface area contributed by atoms with E-state index in [1.165, 1.54) is 12.0 Å². The zero-order valence-electron chi connectivity index (χ0n) is 16.6. The van der Waals surface area contributed by atoms with Crippen molar-refractivity contribution in [2.24, 2.45) is 0 Å². The molecule has 2 aromatic rings. The van der Waals surface area contributed by atoms with Crippen molar-refractivity contribution in [1.82, 2.24) is 4.90 Å². The molecule has 1 aliphatic heterocycles. The Hall–Kier alpha value is -3.06. The molecule has 1 heterocycles. The second kappa shape index (κ2) is 9.43. The first-order chi connectivity index (χ1) is 14.0. The third-order valence-corrected chi connectivity index (χ3v) is 5.15. The van der Waals surface area contributed by atoms with Gasteiger partial charge in [-0.3, -0.25) is 4.79 Å². The lowest BCUT2D eigenvalue weighted by Crippen LogP contribution is -2.48. The van der Waals surface area contributed by atoms with Crippen LogP contribution in [0.1, 0.15) is 24.4 Å². The Bertz CT molecular complexity index is 825. The molecule has 7 heteroatoms. The van der Waals surface area contributed by atoms with E-state index >= 15 is 0 Å². The van der Waals surface area contributed by atoms with Gasteiger partial charge in [0.15, 0.2) is 6.10 Å². The number of benzene rings is 2. The molecule has 1 aliphatic rings. The highest BCUT2D eigenvalue weighted by molar-refractivity contribution is 5.88. The van der Waals surface area contributed by atoms with Gasteiger partial charge in [-0.05, 0) is 42.7 Å². The van der Waals surface area contributed by atoms with Crippen LogP contribution in [0.15, 0.2) is 54.6 Å². The maximum absolute atomic E-state index is 13.1. The molecule has 0 saturated carbocycles. The quantitative estimate of drug-likeness (QED) is 0.697. The molecule has 2 aromatic carbocycles. The van der Waals surface area contributed by atoms with Gasteiger partial charge in [-0.1, -0.05) is 30.3 Å². The molecule has 1 saturated heterocycles. The van der Waals surface area contributed by atoms with Gasteiger partial charge < -0.3 is 24.8 Å². The number of nitrogens with one attached hydrogen (secondary N) is 1. The number of ether oxygens (including phenoxy) is 2. The fourth-order valence-corrected chi connectivity index (χ4v) is 3.60. The second-order valence-electron chi connectivity index (χ2n) is 6.92. The van der Waals surface area contributed by atoms with Crippen molar-refractivity contribution in [3.8, 4) is 5.75 Å². The molecule has 29 heavy (non-hydrogen) atoms. The molecular formula is C22H26N2O5. The summed E-state index contributed by atoms with van der Waals surface area (Å²) < 4.78 is 9.99. The summed E-state index contributed by atoms with van der Waals surface area (Å²) in [6, 6.07) is 15.2. The highest BCUT2D eigenvalue weighted by atomic mass is 16.5. The van der Waals surface area contributed by atoms with E-state index in [1.54, 1.807) is 19.2 Å². The number of likely N-dealkylation sites (tertiary alicyclic amines) is 1. The highest BCUT2D eigenvalue weighted by Gasteiger charge is 2.40. The molecule has 0 bridgehead atoms. The molecule has 2 N–H and O–H groups in total. The first kappa shape index (κ1) is 20.7. The molecule has 1 amide bonds. The van der Waals surface area contributed by atoms with E-state index in [0.29, 0.717) is 25.1 Å². The van der Waals surface area contributed by atoms with Gasteiger partial charge in [0, 0.05) is 12.2 Å². The summed E-state index contributed by atoms with van der Waals surface area (Å²) in [5, 5.41) is 14.2. The predicted molar refractivity (Wildman–Crippen MR) is 109 cm³/mol. The molecule has 0 aliphatic carbocycles. The van der Waals surface area contributed by atoms with Gasteiger partial charge in [-0.25, -0.2) is 4.79 Å². The van der Waals surface area contributed by atoms with Crippen molar-refractivity contribution >= 4 is 17.6 Å². The van der Waals surface area contributed by atoms with Gasteiger partial charge in [0.2, 0.25) is 0 Å². The van der Waals surface area contributed by atoms with Gasteiger partial charge in [0.1, 0.15) is 11.8 Å². The topological polar surface area (TPSA) is 88.1 Å². The molecule has 1 fully saturated rings. The molecular weight excluding hydrogens is 372 g/mol. The van der Waals surface area contributed by atoms with Crippen LogP contribution in [0.2, 0.25) is 0 Å². The van der Waals surface area contributed by atoms with E-state index in [2.05, 4.69) is 5.32 Å². The van der Waals surface area contributed by atoms with Crippen LogP contribution in [0.3, 0.4) is 0 Å². The van der Waals surface area contributed by atoms with E-state index in [0.717, 1.165) is 11.3 Å². The summed E-state index contributed by atoms with van der Waals surface area (Å²) in [6.45, 7) is 0.416. The van der Waals surface area contributed by atoms with Crippen LogP contribution in [0.5, 0.6) is 5.75 Å². The van der Waals surface area contributed by atoms with Crippen LogP contribution in [-0.2, 0) is 14.3 Å². The van der Waals surface area contributed by atoms with Crippen molar-refractivity contribution in [2.75, 3.05) is 26.1 Å². The fraction of sp³-hybridized carbons (Fsp3) is 0.364. The molecule has 0 unspecified atom stereocenters. The number of aliphatic hydroxyl groups is 1. The number of carbonyl (C=O) groups is 2. The number of methoxy groups -OCH3 is 2. The minimum Gasteiger partial charge on any atom is -0.497 e. The van der Waals surface area contributed by atoms with E-state index in [1.807, 2.05) is 42.5 Å². The average Bonchev–Trinajstić information content (AvgIpc) is 3.27. The number of anilines is 1. The number of amides is 1. The van der Waals surface area contributed by atoms with Gasteiger partial charge >= 0.3 is 5.97 Å². The Labute approximate surface area is 170 Å². The van der Waals surface area contributed by atoms with Crippen LogP contribution in [0.25, 0.3) is 0 Å². The highest BCUT2D eigenvalue weighted by Crippen LogP contribution is 2.28. The minimum absolute atomic E-state index is 0.416. The van der Waals surface area contributed by atoms with Crippen LogP contribution in [0, 0.1) is 0 Å². The summed E-state index contributed by atoms with van der Waals surface area (Å²) >= 11 is 0. The maximum atomic E-state index is 13.1. The van der Waals surface area contributed by atoms with Crippen molar-refractivity contribution in [1.29, 1.82) is 0 Å². The Morgan fingerprint density at radius 3 is 2.41 bits per heavy atom. The van der Waals surface area contributed by atoms with E-state index < -0.39 is 30.1 Å². The van der Waals surface area contributed by atoms with Gasteiger partial charge in [-0.2, -0.15) is 0 Å². The molecule has 0 radical (unpaired) electrons. The first-order valence-electron chi connectivity index (χ1n) is 9.57. The largest absolute Gasteiger partial charge is 0.497 e. The van der Waals surface area contributed by atoms with Crippen LogP contribution in [-0.4, -0.2) is 54.8 Å². The van der Waals surface area contributed by atoms with Crippen molar-refractivity contribution in [2.45, 2.75) is 31.0 Å². The van der Waals surface area contributed by atoms with Gasteiger partial charge in [0.25, 0.3) is 5.91 Å². The third kappa shape index (κ3) is 4.68. The van der Waals surface area contributed by atoms with E-state index in [4.69, 9.17) is 9.47 Å². The number of esters is 1. The summed E-state index contributed by atoms with van der Waals surface area (Å²) in [7, 11) is 2.89. The Kier molecular flexibility index (Phi) is 6.72. The number of nitrogens with zero attached hydrogens (tertiary/aromatic N) is 1. The molecule has 3 rings (SSSR count). The molecule has 0 spiro atoms. The van der Waals surface area contributed by atoms with Gasteiger partial charge in [0.05, 0.1) is 20.3 Å². The Morgan fingerprint density at radius 1 is 1.10 bits per heavy atom. The van der Waals surface area contributed by atoms with Crippen molar-refractivity contribution in [3.63, 3.8) is 0 Å². The normalized spacial score (nSPS) is 18.0. The number of carbonyl (C=O) groups excluding carboxylic acids is 2. The summed E-state index contributed by atoms with van der Waals surface area (Å²) in [5.74, 6) is -0.239. The average molecular weight is 398 g/mol. The number of rotatable bonds is 7. The number of hydrogen-bond donors (Lipinski definition) is 2. The smallest absolute Gasteiger partial charge is 0.328 e. The number of hydrogen-bond acceptors (Lipinski definition) is 6. The molecule has 7 nitrogen and oxygen atoms in total. The second-order valence-corrected chi connectivity index (χ2v) is 6.92. The monoisotopic (exact) mass is 398 g/mol. The predicted octanol–water partition coefficient (Wildman–Crippen LogP) is 2.37. The lowest BCUT2D eigenvalue weighted by Gasteiger charge is -2.30. The summed E-state index contributed by atoms with van der Waals surface area (Å²) in [5.41, 5.74) is 1.50. The summed E-state index contributed by atoms with van der Waals surface area (Å²) in [4.78, 5) is 26.5. The standard InChI is InChI=1S/C22H26N2O5/c1-28-17-12-10-16(11-13-17)23-19(15-7-4-3-5-8-15)20(25)21(26)24-14-6-9-18(24)22(27)29-2/h3-5,7-8,10-13,18-20,23,25H,6,9,14H2,1-2H3/t18-,19+,20+/m0/s1. The van der Waals surface area contributed by atoms with E-state index in [-0.39, 0.29) is 0 Å². The number of aliphatic hydroxyl groups excluding tert-OH is 1. The SMILES string of the molecule is COC(=O)[C@@H]1CCCN1C(=O)[C@H](O)[C@H](Nc1ccc(OC)cc1)c1ccccc1.